The van der Waals surface area contributed by atoms with E-state index in [0.717, 1.165) is 83.5 Å². The van der Waals surface area contributed by atoms with Gasteiger partial charge in [0.25, 0.3) is 0 Å². The molecule has 0 heterocycles. The van der Waals surface area contributed by atoms with Gasteiger partial charge in [0.1, 0.15) is 0 Å². The van der Waals surface area contributed by atoms with Gasteiger partial charge in [-0.2, -0.15) is 0 Å². The van der Waals surface area contributed by atoms with E-state index in [1.165, 1.54) is 122 Å². The van der Waals surface area contributed by atoms with Crippen molar-refractivity contribution in [3.8, 4) is 0 Å². The number of rotatable bonds is 45. The average Bonchev–Trinajstić information content (AvgIpc) is 3.26. The summed E-state index contributed by atoms with van der Waals surface area (Å²) in [7, 11) is 0. The summed E-state index contributed by atoms with van der Waals surface area (Å²) in [6.07, 6.45) is 77.9. The molecular formula is C57H97NO3. The highest BCUT2D eigenvalue weighted by Gasteiger charge is 2.17. The lowest BCUT2D eigenvalue weighted by Gasteiger charge is -2.19. The summed E-state index contributed by atoms with van der Waals surface area (Å²) >= 11 is 0. The lowest BCUT2D eigenvalue weighted by molar-refractivity contribution is -0.123. The van der Waals surface area contributed by atoms with Gasteiger partial charge in [-0.15, -0.1) is 0 Å². The molecule has 0 aromatic rings. The molecule has 4 nitrogen and oxygen atoms in total. The maximum absolute atomic E-state index is 12.4. The molecule has 0 saturated heterocycles. The molecule has 0 bridgehead atoms. The zero-order chi connectivity index (χ0) is 44.2. The van der Waals surface area contributed by atoms with Crippen LogP contribution in [0.4, 0.5) is 0 Å². The fourth-order valence-corrected chi connectivity index (χ4v) is 7.11. The topological polar surface area (TPSA) is 69.6 Å². The van der Waals surface area contributed by atoms with Crippen LogP contribution in [-0.4, -0.2) is 34.9 Å². The van der Waals surface area contributed by atoms with E-state index in [-0.39, 0.29) is 12.5 Å². The molecule has 0 radical (unpaired) electrons. The van der Waals surface area contributed by atoms with Crippen LogP contribution >= 0.6 is 0 Å². The Morgan fingerprint density at radius 3 is 1.15 bits per heavy atom. The first-order valence-corrected chi connectivity index (χ1v) is 25.6. The van der Waals surface area contributed by atoms with Crippen LogP contribution in [0.3, 0.4) is 0 Å². The number of hydrogen-bond donors (Lipinski definition) is 3. The molecule has 0 aromatic carbocycles. The van der Waals surface area contributed by atoms with E-state index >= 15 is 0 Å². The summed E-state index contributed by atoms with van der Waals surface area (Å²) in [4.78, 5) is 12.4. The highest BCUT2D eigenvalue weighted by molar-refractivity contribution is 5.76. The molecule has 0 aliphatic rings. The smallest absolute Gasteiger partial charge is 0.220 e. The van der Waals surface area contributed by atoms with Crippen molar-refractivity contribution in [1.29, 1.82) is 0 Å². The van der Waals surface area contributed by atoms with Crippen LogP contribution in [-0.2, 0) is 4.79 Å². The highest BCUT2D eigenvalue weighted by atomic mass is 16.3. The third-order valence-electron chi connectivity index (χ3n) is 11.0. The summed E-state index contributed by atoms with van der Waals surface area (Å²) < 4.78 is 0. The van der Waals surface area contributed by atoms with E-state index in [0.29, 0.717) is 6.42 Å². The van der Waals surface area contributed by atoms with Crippen LogP contribution in [0.5, 0.6) is 0 Å². The monoisotopic (exact) mass is 844 g/mol. The molecule has 0 saturated carbocycles. The van der Waals surface area contributed by atoms with E-state index in [9.17, 15) is 15.0 Å². The molecule has 61 heavy (non-hydrogen) atoms. The van der Waals surface area contributed by atoms with E-state index in [1.807, 2.05) is 6.08 Å². The molecular weight excluding hydrogens is 747 g/mol. The number of amides is 1. The Hall–Kier alpha value is -2.95. The number of carbonyl (C=O) groups is 1. The largest absolute Gasteiger partial charge is 0.394 e. The number of allylic oxidation sites excluding steroid dienone is 17. The molecule has 1 amide bonds. The quantitative estimate of drug-likeness (QED) is 0.0422. The predicted octanol–water partition coefficient (Wildman–Crippen LogP) is 16.7. The predicted molar refractivity (Wildman–Crippen MR) is 271 cm³/mol. The van der Waals surface area contributed by atoms with Gasteiger partial charge in [0.2, 0.25) is 5.91 Å². The summed E-state index contributed by atoms with van der Waals surface area (Å²) in [6.45, 7) is 4.18. The first-order valence-electron chi connectivity index (χ1n) is 25.6. The minimum atomic E-state index is -0.872. The van der Waals surface area contributed by atoms with Gasteiger partial charge in [0.05, 0.1) is 18.8 Å². The molecule has 0 aliphatic heterocycles. The minimum Gasteiger partial charge on any atom is -0.394 e. The van der Waals surface area contributed by atoms with Crippen LogP contribution in [0.1, 0.15) is 226 Å². The summed E-state index contributed by atoms with van der Waals surface area (Å²) in [6, 6.07) is -0.650. The fourth-order valence-electron chi connectivity index (χ4n) is 7.11. The summed E-state index contributed by atoms with van der Waals surface area (Å²) in [5, 5.41) is 23.1. The number of unbranched alkanes of at least 4 members (excludes halogenated alkanes) is 22. The molecule has 0 aliphatic carbocycles. The highest BCUT2D eigenvalue weighted by Crippen LogP contribution is 2.14. The van der Waals surface area contributed by atoms with Gasteiger partial charge in [-0.25, -0.2) is 0 Å². The maximum Gasteiger partial charge on any atom is 0.220 e. The van der Waals surface area contributed by atoms with Gasteiger partial charge >= 0.3 is 0 Å². The lowest BCUT2D eigenvalue weighted by atomic mass is 10.0. The van der Waals surface area contributed by atoms with Crippen molar-refractivity contribution in [2.45, 2.75) is 238 Å². The summed E-state index contributed by atoms with van der Waals surface area (Å²) in [5.41, 5.74) is 0. The van der Waals surface area contributed by atoms with E-state index in [2.05, 4.69) is 116 Å². The molecule has 2 atom stereocenters. The van der Waals surface area contributed by atoms with Gasteiger partial charge in [0.15, 0.2) is 0 Å². The molecule has 0 fully saturated rings. The molecule has 4 heteroatoms. The average molecular weight is 844 g/mol. The molecule has 3 N–H and O–H groups in total. The van der Waals surface area contributed by atoms with Gasteiger partial charge < -0.3 is 15.5 Å². The first-order chi connectivity index (χ1) is 30.2. The second kappa shape index (κ2) is 51.4. The van der Waals surface area contributed by atoms with E-state index in [4.69, 9.17) is 0 Å². The molecule has 0 aromatic heterocycles. The normalized spacial score (nSPS) is 13.8. The SMILES string of the molecule is CC/C=C\C/C=C\C/C=C\C/C=C\C/C=C\C/C=C\C/C=C\CCCCCCCCCCCC(=O)NC(CO)C(O)/C=C/CC/C=C/CCCCCCCCCCCCCC. The zero-order valence-electron chi connectivity index (χ0n) is 39.9. The van der Waals surface area contributed by atoms with Crippen molar-refractivity contribution >= 4 is 5.91 Å². The molecule has 2 unspecified atom stereocenters. The first kappa shape index (κ1) is 58.0. The number of aliphatic hydroxyl groups excluding tert-OH is 2. The number of hydrogen-bond acceptors (Lipinski definition) is 3. The molecule has 0 spiro atoms. The Kier molecular flexibility index (Phi) is 48.9. The summed E-state index contributed by atoms with van der Waals surface area (Å²) in [5.74, 6) is -0.0846. The van der Waals surface area contributed by atoms with E-state index in [1.54, 1.807) is 6.08 Å². The number of aliphatic hydroxyl groups is 2. The molecule has 0 rings (SSSR count). The van der Waals surface area contributed by atoms with Crippen LogP contribution in [0, 0.1) is 0 Å². The lowest BCUT2D eigenvalue weighted by Crippen LogP contribution is -2.45. The minimum absolute atomic E-state index is 0.0846. The number of carbonyl (C=O) groups excluding carboxylic acids is 1. The Morgan fingerprint density at radius 1 is 0.410 bits per heavy atom. The van der Waals surface area contributed by atoms with Crippen molar-refractivity contribution < 1.29 is 15.0 Å². The Labute approximate surface area is 378 Å². The van der Waals surface area contributed by atoms with Crippen molar-refractivity contribution in [3.05, 3.63) is 109 Å². The Morgan fingerprint density at radius 2 is 0.738 bits per heavy atom. The van der Waals surface area contributed by atoms with Crippen LogP contribution in [0.2, 0.25) is 0 Å². The van der Waals surface area contributed by atoms with Crippen molar-refractivity contribution in [1.82, 2.24) is 5.32 Å². The van der Waals surface area contributed by atoms with Crippen LogP contribution in [0.25, 0.3) is 0 Å². The van der Waals surface area contributed by atoms with Gasteiger partial charge in [-0.3, -0.25) is 4.79 Å². The van der Waals surface area contributed by atoms with Gasteiger partial charge in [0, 0.05) is 6.42 Å². The van der Waals surface area contributed by atoms with E-state index < -0.39 is 12.1 Å². The van der Waals surface area contributed by atoms with Gasteiger partial charge in [-0.1, -0.05) is 239 Å². The zero-order valence-corrected chi connectivity index (χ0v) is 39.9. The Bertz CT molecular complexity index is 1180. The fraction of sp³-hybridized carbons (Fsp3) is 0.667. The standard InChI is InChI=1S/C57H97NO3/c1-3-5-7-9-11-13-15-17-19-21-23-24-25-26-27-28-29-30-31-32-33-34-35-37-39-41-43-45-47-49-51-53-57(61)58-55(54-59)56(60)52-50-48-46-44-42-40-38-36-22-20-18-16-14-12-10-8-6-4-2/h5,7,11,13,17,19,23-24,26-27,29-30,32-33,42,44,50,52,55-56,59-60H,3-4,6,8-10,12,14-16,18,20-22,25,28,31,34-41,43,45-49,51,53-54H2,1-2H3,(H,58,61)/b7-5-,13-11-,19-17-,24-23-,27-26-,30-29-,33-32-,44-42+,52-50+. The Balaban J connectivity index is 3.64. The van der Waals surface area contributed by atoms with Crippen molar-refractivity contribution in [2.75, 3.05) is 6.61 Å². The second-order valence-corrected chi connectivity index (χ2v) is 16.8. The third-order valence-corrected chi connectivity index (χ3v) is 11.0. The number of nitrogens with one attached hydrogen (secondary N) is 1. The maximum atomic E-state index is 12.4. The van der Waals surface area contributed by atoms with Crippen molar-refractivity contribution in [2.24, 2.45) is 0 Å². The second-order valence-electron chi connectivity index (χ2n) is 16.8. The third kappa shape index (κ3) is 47.9. The van der Waals surface area contributed by atoms with Crippen LogP contribution in [0.15, 0.2) is 109 Å². The van der Waals surface area contributed by atoms with Gasteiger partial charge in [-0.05, 0) is 89.9 Å². The molecule has 348 valence electrons. The van der Waals surface area contributed by atoms with Crippen molar-refractivity contribution in [3.63, 3.8) is 0 Å². The van der Waals surface area contributed by atoms with Crippen LogP contribution < -0.4 is 5.32 Å².